The third-order valence-corrected chi connectivity index (χ3v) is 2.68. The Balaban J connectivity index is 1.91. The average molecular weight is 236 g/mol. The Bertz CT molecular complexity index is 226. The molecule has 16 heavy (non-hydrogen) atoms. The molecule has 0 saturated heterocycles. The van der Waals surface area contributed by atoms with E-state index in [4.69, 9.17) is 5.73 Å². The first-order valence-corrected chi connectivity index (χ1v) is 5.69. The highest BCUT2D eigenvalue weighted by Gasteiger charge is 2.25. The van der Waals surface area contributed by atoms with Crippen molar-refractivity contribution >= 4 is 0 Å². The Hall–Kier alpha value is -0.550. The van der Waals surface area contributed by atoms with E-state index in [2.05, 4.69) is 11.4 Å². The van der Waals surface area contributed by atoms with Crippen molar-refractivity contribution in [2.45, 2.75) is 37.9 Å². The first-order valence-electron chi connectivity index (χ1n) is 5.69. The Kier molecular flexibility index (Phi) is 5.28. The highest BCUT2D eigenvalue weighted by Crippen LogP contribution is 2.21. The fourth-order valence-corrected chi connectivity index (χ4v) is 1.82. The zero-order valence-corrected chi connectivity index (χ0v) is 9.26. The van der Waals surface area contributed by atoms with E-state index in [1.54, 1.807) is 0 Å². The maximum atomic E-state index is 11.8. The van der Waals surface area contributed by atoms with Crippen LogP contribution < -0.4 is 11.1 Å². The largest absolute Gasteiger partial charge is 0.389 e. The van der Waals surface area contributed by atoms with Crippen LogP contribution in [0.5, 0.6) is 0 Å². The number of rotatable bonds is 6. The molecule has 1 aliphatic rings. The second kappa shape index (κ2) is 6.25. The summed E-state index contributed by atoms with van der Waals surface area (Å²) in [5.41, 5.74) is 5.69. The fraction of sp³-hybridized carbons (Fsp3) is 0.818. The van der Waals surface area contributed by atoms with Gasteiger partial charge in [0.25, 0.3) is 0 Å². The van der Waals surface area contributed by atoms with Crippen LogP contribution >= 0.6 is 0 Å². The monoisotopic (exact) mass is 236 g/mol. The molecule has 0 bridgehead atoms. The molecule has 94 valence electrons. The lowest BCUT2D eigenvalue weighted by atomic mass is 10.1. The molecule has 0 spiro atoms. The molecule has 2 atom stereocenters. The zero-order valence-electron chi connectivity index (χ0n) is 9.26. The van der Waals surface area contributed by atoms with Crippen molar-refractivity contribution in [3.05, 3.63) is 12.2 Å². The van der Waals surface area contributed by atoms with Crippen LogP contribution in [0.2, 0.25) is 0 Å². The SMILES string of the molecule is NC1C=CC(CNCCCCC(F)(F)F)C1. The van der Waals surface area contributed by atoms with Crippen molar-refractivity contribution in [2.24, 2.45) is 11.7 Å². The molecule has 1 rings (SSSR count). The molecule has 0 heterocycles. The second-order valence-electron chi connectivity index (χ2n) is 4.32. The summed E-state index contributed by atoms with van der Waals surface area (Å²) < 4.78 is 35.4. The normalized spacial score (nSPS) is 25.2. The van der Waals surface area contributed by atoms with Crippen molar-refractivity contribution in [2.75, 3.05) is 13.1 Å². The summed E-state index contributed by atoms with van der Waals surface area (Å²) in [6.45, 7) is 1.46. The Morgan fingerprint density at radius 3 is 2.56 bits per heavy atom. The van der Waals surface area contributed by atoms with Gasteiger partial charge in [-0.25, -0.2) is 0 Å². The molecule has 5 heteroatoms. The topological polar surface area (TPSA) is 38.0 Å². The molecule has 0 saturated carbocycles. The van der Waals surface area contributed by atoms with E-state index in [1.165, 1.54) is 0 Å². The number of hydrogen-bond donors (Lipinski definition) is 2. The molecule has 0 fully saturated rings. The number of nitrogens with two attached hydrogens (primary N) is 1. The van der Waals surface area contributed by atoms with Crippen LogP contribution in [0.1, 0.15) is 25.7 Å². The standard InChI is InChI=1S/C11H19F3N2/c12-11(13,14)5-1-2-6-16-8-9-3-4-10(15)7-9/h3-4,9-10,16H,1-2,5-8,15H2. The summed E-state index contributed by atoms with van der Waals surface area (Å²) in [5.74, 6) is 0.442. The van der Waals surface area contributed by atoms with Crippen LogP contribution in [0, 0.1) is 5.92 Å². The zero-order chi connectivity index (χ0) is 12.0. The molecule has 0 amide bonds. The highest BCUT2D eigenvalue weighted by atomic mass is 19.4. The lowest BCUT2D eigenvalue weighted by molar-refractivity contribution is -0.135. The minimum absolute atomic E-state index is 0.150. The quantitative estimate of drug-likeness (QED) is 0.548. The van der Waals surface area contributed by atoms with E-state index in [9.17, 15) is 13.2 Å². The molecule has 1 aliphatic carbocycles. The van der Waals surface area contributed by atoms with Crippen molar-refractivity contribution in [1.82, 2.24) is 5.32 Å². The van der Waals surface area contributed by atoms with Crippen molar-refractivity contribution < 1.29 is 13.2 Å². The lowest BCUT2D eigenvalue weighted by Crippen LogP contribution is -2.24. The second-order valence-corrected chi connectivity index (χ2v) is 4.32. The van der Waals surface area contributed by atoms with Crippen molar-refractivity contribution in [1.29, 1.82) is 0 Å². The van der Waals surface area contributed by atoms with Crippen molar-refractivity contribution in [3.63, 3.8) is 0 Å². The maximum Gasteiger partial charge on any atom is 0.389 e. The van der Waals surface area contributed by atoms with E-state index in [0.717, 1.165) is 13.0 Å². The molecule has 3 N–H and O–H groups in total. The van der Waals surface area contributed by atoms with Gasteiger partial charge in [0.05, 0.1) is 0 Å². The van der Waals surface area contributed by atoms with Gasteiger partial charge in [-0.3, -0.25) is 0 Å². The van der Waals surface area contributed by atoms with Gasteiger partial charge in [-0.15, -0.1) is 0 Å². The minimum atomic E-state index is -4.01. The van der Waals surface area contributed by atoms with Crippen LogP contribution in [0.25, 0.3) is 0 Å². The van der Waals surface area contributed by atoms with Gasteiger partial charge in [-0.2, -0.15) is 13.2 Å². The third kappa shape index (κ3) is 6.12. The smallest absolute Gasteiger partial charge is 0.324 e. The van der Waals surface area contributed by atoms with E-state index in [0.29, 0.717) is 18.9 Å². The first kappa shape index (κ1) is 13.5. The van der Waals surface area contributed by atoms with Gasteiger partial charge in [0, 0.05) is 19.0 Å². The van der Waals surface area contributed by atoms with Gasteiger partial charge in [-0.1, -0.05) is 12.2 Å². The third-order valence-electron chi connectivity index (χ3n) is 2.68. The van der Waals surface area contributed by atoms with Crippen LogP contribution in [0.15, 0.2) is 12.2 Å². The Morgan fingerprint density at radius 2 is 2.00 bits per heavy atom. The van der Waals surface area contributed by atoms with Gasteiger partial charge in [0.2, 0.25) is 0 Å². The maximum absolute atomic E-state index is 11.8. The molecule has 0 aromatic carbocycles. The predicted octanol–water partition coefficient (Wildman–Crippen LogP) is 2.21. The molecule has 0 aromatic rings. The number of nitrogens with one attached hydrogen (secondary N) is 1. The Labute approximate surface area is 94.1 Å². The molecule has 0 radical (unpaired) electrons. The minimum Gasteiger partial charge on any atom is -0.324 e. The van der Waals surface area contributed by atoms with Crippen LogP contribution in [0.4, 0.5) is 13.2 Å². The van der Waals surface area contributed by atoms with E-state index < -0.39 is 12.6 Å². The first-order chi connectivity index (χ1) is 7.47. The molecule has 2 unspecified atom stereocenters. The molecular formula is C11H19F3N2. The molecule has 0 aliphatic heterocycles. The highest BCUT2D eigenvalue weighted by molar-refractivity contribution is 5.04. The van der Waals surface area contributed by atoms with E-state index >= 15 is 0 Å². The average Bonchev–Trinajstić information content (AvgIpc) is 2.56. The van der Waals surface area contributed by atoms with Gasteiger partial charge in [-0.05, 0) is 31.7 Å². The van der Waals surface area contributed by atoms with Gasteiger partial charge < -0.3 is 11.1 Å². The Morgan fingerprint density at radius 1 is 1.25 bits per heavy atom. The van der Waals surface area contributed by atoms with Crippen LogP contribution in [0.3, 0.4) is 0 Å². The molecular weight excluding hydrogens is 217 g/mol. The van der Waals surface area contributed by atoms with E-state index in [1.807, 2.05) is 6.08 Å². The summed E-state index contributed by atoms with van der Waals surface area (Å²) in [6, 6.07) is 0.150. The van der Waals surface area contributed by atoms with Gasteiger partial charge in [0.1, 0.15) is 0 Å². The van der Waals surface area contributed by atoms with Crippen molar-refractivity contribution in [3.8, 4) is 0 Å². The summed E-state index contributed by atoms with van der Waals surface area (Å²) in [4.78, 5) is 0. The summed E-state index contributed by atoms with van der Waals surface area (Å²) in [6.07, 6.45) is 1.08. The number of unbranched alkanes of at least 4 members (excludes halogenated alkanes) is 1. The van der Waals surface area contributed by atoms with E-state index in [-0.39, 0.29) is 12.5 Å². The van der Waals surface area contributed by atoms with Crippen LogP contribution in [-0.4, -0.2) is 25.3 Å². The number of alkyl halides is 3. The molecule has 2 nitrogen and oxygen atoms in total. The van der Waals surface area contributed by atoms with Gasteiger partial charge in [0.15, 0.2) is 0 Å². The lowest BCUT2D eigenvalue weighted by Gasteiger charge is -2.11. The predicted molar refractivity (Wildman–Crippen MR) is 58.0 cm³/mol. The summed E-state index contributed by atoms with van der Waals surface area (Å²) >= 11 is 0. The number of halogens is 3. The number of hydrogen-bond acceptors (Lipinski definition) is 2. The fourth-order valence-electron chi connectivity index (χ4n) is 1.82. The van der Waals surface area contributed by atoms with Crippen LogP contribution in [-0.2, 0) is 0 Å². The molecule has 0 aromatic heterocycles. The summed E-state index contributed by atoms with van der Waals surface area (Å²) in [5, 5.41) is 3.16. The summed E-state index contributed by atoms with van der Waals surface area (Å²) in [7, 11) is 0. The van der Waals surface area contributed by atoms with Gasteiger partial charge >= 0.3 is 6.18 Å².